The maximum atomic E-state index is 13.1. The molecule has 11 nitrogen and oxygen atoms in total. The number of aliphatic hydroxyl groups excluding tert-OH is 1. The molecule has 4 aromatic rings. The van der Waals surface area contributed by atoms with Gasteiger partial charge in [-0.05, 0) is 36.4 Å². The number of pyridine rings is 1. The summed E-state index contributed by atoms with van der Waals surface area (Å²) < 4.78 is 79.0. The van der Waals surface area contributed by atoms with Crippen molar-refractivity contribution >= 4 is 17.5 Å². The smallest absolute Gasteiger partial charge is 0.382 e. The summed E-state index contributed by atoms with van der Waals surface area (Å²) in [4.78, 5) is 33.6. The number of aromatic nitrogens is 7. The van der Waals surface area contributed by atoms with Crippen molar-refractivity contribution < 1.29 is 36.2 Å². The number of nitrogens with one attached hydrogen (secondary N) is 1. The number of hydrogen-bond donors (Lipinski definition) is 2. The van der Waals surface area contributed by atoms with Crippen molar-refractivity contribution in [3.8, 4) is 17.2 Å². The zero-order chi connectivity index (χ0) is 29.9. The van der Waals surface area contributed by atoms with Crippen LogP contribution in [0, 0.1) is 0 Å². The predicted molar refractivity (Wildman–Crippen MR) is 130 cm³/mol. The highest BCUT2D eigenvalue weighted by atomic mass is 35.5. The number of alkyl halides is 6. The fraction of sp³-hybridized carbons (Fsp3) is 0.304. The van der Waals surface area contributed by atoms with Gasteiger partial charge in [-0.1, -0.05) is 11.6 Å². The molecule has 0 radical (unpaired) electrons. The third-order valence-electron chi connectivity index (χ3n) is 5.53. The van der Waals surface area contributed by atoms with Crippen LogP contribution in [0.3, 0.4) is 0 Å². The second-order valence-electron chi connectivity index (χ2n) is 8.54. The lowest BCUT2D eigenvalue weighted by Gasteiger charge is -2.15. The van der Waals surface area contributed by atoms with E-state index in [-0.39, 0.29) is 28.6 Å². The van der Waals surface area contributed by atoms with Crippen LogP contribution >= 0.6 is 11.6 Å². The monoisotopic (exact) mass is 604 g/mol. The Balaban J connectivity index is 1.62. The van der Waals surface area contributed by atoms with Gasteiger partial charge >= 0.3 is 18.0 Å². The van der Waals surface area contributed by atoms with Gasteiger partial charge in [0.05, 0.1) is 18.5 Å². The molecule has 0 fully saturated rings. The van der Waals surface area contributed by atoms with Crippen molar-refractivity contribution in [3.05, 3.63) is 75.8 Å². The molecule has 1 aromatic carbocycles. The summed E-state index contributed by atoms with van der Waals surface area (Å²) in [5, 5.41) is 20.3. The molecular weight excluding hydrogens is 586 g/mol. The predicted octanol–water partition coefficient (Wildman–Crippen LogP) is 2.99. The Hall–Kier alpha value is -4.25. The molecule has 1 amide bonds. The average molecular weight is 605 g/mol. The number of amides is 1. The highest BCUT2D eigenvalue weighted by Gasteiger charge is 2.39. The number of carbonyl (C=O) groups is 1. The molecule has 0 aliphatic heterocycles. The number of benzene rings is 1. The van der Waals surface area contributed by atoms with Crippen LogP contribution in [0.4, 0.5) is 26.3 Å². The molecule has 0 bridgehead atoms. The van der Waals surface area contributed by atoms with Gasteiger partial charge in [0.1, 0.15) is 12.9 Å². The van der Waals surface area contributed by atoms with Crippen molar-refractivity contribution in [2.45, 2.75) is 38.0 Å². The summed E-state index contributed by atoms with van der Waals surface area (Å²) in [6.07, 6.45) is -11.1. The van der Waals surface area contributed by atoms with E-state index < -0.39 is 56.1 Å². The maximum Gasteiger partial charge on any atom is 0.416 e. The topological polar surface area (TPSA) is 133 Å². The summed E-state index contributed by atoms with van der Waals surface area (Å²) >= 11 is 5.88. The number of nitrogens with zero attached hydrogens (tertiary/aromatic N) is 7. The van der Waals surface area contributed by atoms with Crippen molar-refractivity contribution in [1.29, 1.82) is 0 Å². The van der Waals surface area contributed by atoms with Crippen LogP contribution in [-0.4, -0.2) is 70.1 Å². The number of halogens is 7. The van der Waals surface area contributed by atoms with E-state index >= 15 is 0 Å². The van der Waals surface area contributed by atoms with Gasteiger partial charge in [-0.25, -0.2) is 24.1 Å². The summed E-state index contributed by atoms with van der Waals surface area (Å²) in [7, 11) is 0. The fourth-order valence-electron chi connectivity index (χ4n) is 3.57. The Morgan fingerprint density at radius 2 is 1.76 bits per heavy atom. The normalized spacial score (nSPS) is 12.9. The Morgan fingerprint density at radius 3 is 2.41 bits per heavy atom. The lowest BCUT2D eigenvalue weighted by atomic mass is 10.2. The van der Waals surface area contributed by atoms with Crippen LogP contribution in [0.2, 0.25) is 5.02 Å². The minimum atomic E-state index is -5.00. The highest BCUT2D eigenvalue weighted by Crippen LogP contribution is 2.24. The first-order chi connectivity index (χ1) is 19.2. The zero-order valence-corrected chi connectivity index (χ0v) is 21.3. The average Bonchev–Trinajstić information content (AvgIpc) is 3.48. The fourth-order valence-corrected chi connectivity index (χ4v) is 3.70. The molecule has 0 saturated heterocycles. The molecule has 0 aliphatic carbocycles. The highest BCUT2D eigenvalue weighted by molar-refractivity contribution is 6.30. The van der Waals surface area contributed by atoms with Crippen LogP contribution in [0.25, 0.3) is 17.2 Å². The molecule has 4 rings (SSSR count). The van der Waals surface area contributed by atoms with E-state index in [4.69, 9.17) is 11.6 Å². The largest absolute Gasteiger partial charge is 0.416 e. The van der Waals surface area contributed by atoms with Crippen LogP contribution in [0.5, 0.6) is 0 Å². The second kappa shape index (κ2) is 11.7. The third-order valence-corrected chi connectivity index (χ3v) is 5.78. The number of aliphatic hydroxyl groups is 1. The van der Waals surface area contributed by atoms with E-state index in [0.717, 1.165) is 15.7 Å². The summed E-state index contributed by atoms with van der Waals surface area (Å²) in [6.45, 7) is -2.23. The molecule has 1 unspecified atom stereocenters. The molecule has 41 heavy (non-hydrogen) atoms. The third kappa shape index (κ3) is 7.29. The van der Waals surface area contributed by atoms with E-state index in [1.165, 1.54) is 42.6 Å². The van der Waals surface area contributed by atoms with Crippen molar-refractivity contribution in [3.63, 3.8) is 0 Å². The van der Waals surface area contributed by atoms with E-state index in [9.17, 15) is 41.0 Å². The molecule has 3 aromatic heterocycles. The van der Waals surface area contributed by atoms with Crippen molar-refractivity contribution in [2.75, 3.05) is 6.54 Å². The quantitative estimate of drug-likeness (QED) is 0.281. The van der Waals surface area contributed by atoms with Gasteiger partial charge in [0.2, 0.25) is 0 Å². The van der Waals surface area contributed by atoms with E-state index in [2.05, 4.69) is 25.5 Å². The minimum Gasteiger partial charge on any atom is -0.382 e. The Morgan fingerprint density at radius 1 is 1.05 bits per heavy atom. The number of rotatable bonds is 9. The molecule has 2 N–H and O–H groups in total. The molecule has 0 saturated carbocycles. The minimum absolute atomic E-state index is 0.0649. The lowest BCUT2D eigenvalue weighted by molar-refractivity contribution is -0.207. The zero-order valence-electron chi connectivity index (χ0n) is 20.6. The molecule has 0 spiro atoms. The van der Waals surface area contributed by atoms with Gasteiger partial charge in [0.15, 0.2) is 23.6 Å². The molecular formula is C23H19ClF6N8O3. The van der Waals surface area contributed by atoms with Gasteiger partial charge in [-0.15, -0.1) is 10.2 Å². The van der Waals surface area contributed by atoms with E-state index in [1.54, 1.807) is 0 Å². The van der Waals surface area contributed by atoms with Gasteiger partial charge in [-0.2, -0.15) is 26.3 Å². The van der Waals surface area contributed by atoms with Crippen molar-refractivity contribution in [1.82, 2.24) is 39.4 Å². The Kier molecular flexibility index (Phi) is 8.48. The Labute approximate surface area is 231 Å². The maximum absolute atomic E-state index is 13.1. The summed E-state index contributed by atoms with van der Waals surface area (Å²) in [5.74, 6) is -1.18. The SMILES string of the molecule is O=C(NCCC(F)(F)F)c1cccnc1-n1cnc(Cn2nc(-c3ccc(Cl)cc3)n(CC(O)C(F)(F)F)c2=O)n1. The summed E-state index contributed by atoms with van der Waals surface area (Å²) in [5.41, 5.74) is -0.872. The number of hydrogen-bond acceptors (Lipinski definition) is 7. The van der Waals surface area contributed by atoms with Gasteiger partial charge in [0, 0.05) is 23.3 Å². The lowest BCUT2D eigenvalue weighted by Crippen LogP contribution is -2.37. The van der Waals surface area contributed by atoms with Gasteiger partial charge in [0.25, 0.3) is 5.91 Å². The van der Waals surface area contributed by atoms with Gasteiger partial charge in [-0.3, -0.25) is 9.36 Å². The first-order valence-corrected chi connectivity index (χ1v) is 12.0. The van der Waals surface area contributed by atoms with Gasteiger partial charge < -0.3 is 10.4 Å². The van der Waals surface area contributed by atoms with Crippen LogP contribution in [0.15, 0.2) is 53.7 Å². The molecule has 18 heteroatoms. The summed E-state index contributed by atoms with van der Waals surface area (Å²) in [6, 6.07) is 8.44. The number of carbonyl (C=O) groups excluding carboxylic acids is 1. The van der Waals surface area contributed by atoms with E-state index in [1.807, 2.05) is 0 Å². The van der Waals surface area contributed by atoms with E-state index in [0.29, 0.717) is 9.59 Å². The standard InChI is InChI=1S/C23H19ClF6N8O3/c24-14-5-3-13(4-6-14)18-35-37(21(41)36(18)10-16(39)23(28,29)30)11-17-33-12-38(34-17)19-15(2-1-8-31-19)20(40)32-9-7-22(25,26)27/h1-6,8,12,16,39H,7,9-11H2,(H,32,40). The molecule has 3 heterocycles. The van der Waals surface area contributed by atoms with Crippen LogP contribution in [-0.2, 0) is 13.1 Å². The second-order valence-corrected chi connectivity index (χ2v) is 8.98. The first-order valence-electron chi connectivity index (χ1n) is 11.6. The molecule has 218 valence electrons. The first kappa shape index (κ1) is 29.7. The van der Waals surface area contributed by atoms with Crippen LogP contribution < -0.4 is 11.0 Å². The van der Waals surface area contributed by atoms with Crippen LogP contribution in [0.1, 0.15) is 22.6 Å². The molecule has 0 aliphatic rings. The molecule has 1 atom stereocenters. The van der Waals surface area contributed by atoms with Crippen molar-refractivity contribution in [2.24, 2.45) is 0 Å². The Bertz CT molecular complexity index is 1580.